The lowest BCUT2D eigenvalue weighted by molar-refractivity contribution is 0.318. The highest BCUT2D eigenvalue weighted by Crippen LogP contribution is 2.43. The molecule has 0 aromatic heterocycles. The molecule has 14 heavy (non-hydrogen) atoms. The summed E-state index contributed by atoms with van der Waals surface area (Å²) >= 11 is 0. The lowest BCUT2D eigenvalue weighted by Crippen LogP contribution is -1.96. The maximum absolute atomic E-state index is 9.55. The number of hydrogen-bond acceptors (Lipinski definition) is 4. The summed E-state index contributed by atoms with van der Waals surface area (Å²) in [6, 6.07) is 1.50. The van der Waals surface area contributed by atoms with Crippen molar-refractivity contribution >= 4 is 0 Å². The van der Waals surface area contributed by atoms with Gasteiger partial charge in [0, 0.05) is 11.6 Å². The summed E-state index contributed by atoms with van der Waals surface area (Å²) in [5.41, 5.74) is 0.630. The number of ether oxygens (including phenoxy) is 3. The summed E-state index contributed by atoms with van der Waals surface area (Å²) in [6.45, 7) is 1.75. The molecule has 4 nitrogen and oxygen atoms in total. The molecule has 0 spiro atoms. The Bertz CT molecular complexity index is 333. The van der Waals surface area contributed by atoms with Crippen molar-refractivity contribution in [2.75, 3.05) is 21.3 Å². The Morgan fingerprint density at radius 2 is 1.57 bits per heavy atom. The molecule has 0 aliphatic heterocycles. The van der Waals surface area contributed by atoms with Crippen molar-refractivity contribution in [2.24, 2.45) is 0 Å². The molecule has 0 aliphatic rings. The Kier molecular flexibility index (Phi) is 3.06. The first-order chi connectivity index (χ1) is 6.65. The van der Waals surface area contributed by atoms with E-state index in [0.717, 1.165) is 0 Å². The van der Waals surface area contributed by atoms with E-state index in [1.165, 1.54) is 27.4 Å². The molecule has 0 amide bonds. The van der Waals surface area contributed by atoms with E-state index in [9.17, 15) is 5.11 Å². The lowest BCUT2D eigenvalue weighted by Gasteiger charge is -2.14. The van der Waals surface area contributed by atoms with Crippen LogP contribution in [0.5, 0.6) is 23.0 Å². The minimum atomic E-state index is 0.125. The summed E-state index contributed by atoms with van der Waals surface area (Å²) in [4.78, 5) is 0. The lowest BCUT2D eigenvalue weighted by atomic mass is 10.1. The molecule has 0 unspecified atom stereocenters. The zero-order valence-electron chi connectivity index (χ0n) is 8.75. The fourth-order valence-electron chi connectivity index (χ4n) is 1.29. The Morgan fingerprint density at radius 1 is 1.00 bits per heavy atom. The van der Waals surface area contributed by atoms with Crippen LogP contribution < -0.4 is 14.2 Å². The summed E-state index contributed by atoms with van der Waals surface area (Å²) < 4.78 is 15.3. The fourth-order valence-corrected chi connectivity index (χ4v) is 1.29. The van der Waals surface area contributed by atoms with Gasteiger partial charge in [0.15, 0.2) is 11.5 Å². The van der Waals surface area contributed by atoms with Crippen molar-refractivity contribution in [3.8, 4) is 23.0 Å². The van der Waals surface area contributed by atoms with Gasteiger partial charge in [-0.05, 0) is 6.92 Å². The van der Waals surface area contributed by atoms with Crippen LogP contribution in [0.15, 0.2) is 6.07 Å². The van der Waals surface area contributed by atoms with E-state index in [0.29, 0.717) is 22.8 Å². The average molecular weight is 198 g/mol. The first-order valence-electron chi connectivity index (χ1n) is 4.14. The molecule has 0 saturated heterocycles. The van der Waals surface area contributed by atoms with Crippen LogP contribution in [-0.2, 0) is 0 Å². The van der Waals surface area contributed by atoms with Crippen LogP contribution in [0.3, 0.4) is 0 Å². The van der Waals surface area contributed by atoms with E-state index in [1.54, 1.807) is 6.92 Å². The second-order valence-corrected chi connectivity index (χ2v) is 2.79. The zero-order chi connectivity index (χ0) is 10.7. The van der Waals surface area contributed by atoms with Gasteiger partial charge in [0.1, 0.15) is 5.75 Å². The summed E-state index contributed by atoms with van der Waals surface area (Å²) in [6.07, 6.45) is 0. The van der Waals surface area contributed by atoms with Crippen molar-refractivity contribution in [1.29, 1.82) is 0 Å². The van der Waals surface area contributed by atoms with Crippen LogP contribution in [-0.4, -0.2) is 26.4 Å². The third-order valence-corrected chi connectivity index (χ3v) is 2.05. The highest BCUT2D eigenvalue weighted by atomic mass is 16.5. The molecule has 1 rings (SSSR count). The van der Waals surface area contributed by atoms with Crippen LogP contribution in [0.1, 0.15) is 5.56 Å². The molecule has 0 radical (unpaired) electrons. The normalized spacial score (nSPS) is 9.71. The van der Waals surface area contributed by atoms with Gasteiger partial charge < -0.3 is 19.3 Å². The third-order valence-electron chi connectivity index (χ3n) is 2.05. The maximum Gasteiger partial charge on any atom is 0.203 e. The van der Waals surface area contributed by atoms with Crippen molar-refractivity contribution in [3.05, 3.63) is 11.6 Å². The van der Waals surface area contributed by atoms with E-state index in [2.05, 4.69) is 0 Å². The molecule has 1 N–H and O–H groups in total. The average Bonchev–Trinajstić information content (AvgIpc) is 2.20. The van der Waals surface area contributed by atoms with Crippen molar-refractivity contribution < 1.29 is 19.3 Å². The largest absolute Gasteiger partial charge is 0.507 e. The van der Waals surface area contributed by atoms with E-state index in [4.69, 9.17) is 14.2 Å². The van der Waals surface area contributed by atoms with E-state index < -0.39 is 0 Å². The third kappa shape index (κ3) is 1.55. The van der Waals surface area contributed by atoms with Gasteiger partial charge >= 0.3 is 0 Å². The van der Waals surface area contributed by atoms with Crippen LogP contribution >= 0.6 is 0 Å². The Morgan fingerprint density at radius 3 is 2.00 bits per heavy atom. The van der Waals surface area contributed by atoms with E-state index >= 15 is 0 Å². The topological polar surface area (TPSA) is 47.9 Å². The number of phenols is 1. The number of benzene rings is 1. The minimum Gasteiger partial charge on any atom is -0.507 e. The van der Waals surface area contributed by atoms with E-state index in [1.807, 2.05) is 0 Å². The molecule has 1 aromatic rings. The van der Waals surface area contributed by atoms with Crippen molar-refractivity contribution in [1.82, 2.24) is 0 Å². The molecular formula is C10H14O4. The molecule has 0 heterocycles. The van der Waals surface area contributed by atoms with Crippen LogP contribution in [0.25, 0.3) is 0 Å². The smallest absolute Gasteiger partial charge is 0.203 e. The van der Waals surface area contributed by atoms with Crippen LogP contribution in [0.4, 0.5) is 0 Å². The van der Waals surface area contributed by atoms with Gasteiger partial charge in [-0.1, -0.05) is 0 Å². The van der Waals surface area contributed by atoms with Crippen LogP contribution in [0.2, 0.25) is 0 Å². The summed E-state index contributed by atoms with van der Waals surface area (Å²) in [5.74, 6) is 1.56. The first kappa shape index (κ1) is 10.5. The molecule has 78 valence electrons. The number of phenolic OH excluding ortho intramolecular Hbond substituents is 1. The molecule has 0 saturated carbocycles. The van der Waals surface area contributed by atoms with Gasteiger partial charge in [0.25, 0.3) is 0 Å². The number of rotatable bonds is 3. The standard InChI is InChI=1S/C10H14O4/c1-6-7(11)5-8(12-2)10(14-4)9(6)13-3/h5,11H,1-4H3. The predicted molar refractivity (Wildman–Crippen MR) is 52.5 cm³/mol. The second-order valence-electron chi connectivity index (χ2n) is 2.79. The van der Waals surface area contributed by atoms with Gasteiger partial charge in [-0.2, -0.15) is 0 Å². The van der Waals surface area contributed by atoms with Gasteiger partial charge in [0.05, 0.1) is 21.3 Å². The molecule has 0 bridgehead atoms. The van der Waals surface area contributed by atoms with Gasteiger partial charge in [0.2, 0.25) is 5.75 Å². The van der Waals surface area contributed by atoms with Gasteiger partial charge in [-0.15, -0.1) is 0 Å². The first-order valence-corrected chi connectivity index (χ1v) is 4.14. The molecule has 0 aliphatic carbocycles. The van der Waals surface area contributed by atoms with Crippen LogP contribution in [0, 0.1) is 6.92 Å². The molecule has 4 heteroatoms. The molecule has 0 atom stereocenters. The SMILES string of the molecule is COc1cc(O)c(C)c(OC)c1OC. The number of hydrogen-bond donors (Lipinski definition) is 1. The zero-order valence-corrected chi connectivity index (χ0v) is 8.75. The number of methoxy groups -OCH3 is 3. The van der Waals surface area contributed by atoms with Crippen molar-refractivity contribution in [2.45, 2.75) is 6.92 Å². The molecule has 0 fully saturated rings. The fraction of sp³-hybridized carbons (Fsp3) is 0.400. The highest BCUT2D eigenvalue weighted by Gasteiger charge is 2.16. The van der Waals surface area contributed by atoms with Crippen molar-refractivity contribution in [3.63, 3.8) is 0 Å². The Hall–Kier alpha value is -1.58. The summed E-state index contributed by atoms with van der Waals surface area (Å²) in [5, 5.41) is 9.55. The summed E-state index contributed by atoms with van der Waals surface area (Å²) in [7, 11) is 4.55. The highest BCUT2D eigenvalue weighted by molar-refractivity contribution is 5.60. The Labute approximate surface area is 83.0 Å². The molecule has 1 aromatic carbocycles. The van der Waals surface area contributed by atoms with Gasteiger partial charge in [-0.25, -0.2) is 0 Å². The number of aromatic hydroxyl groups is 1. The Balaban J connectivity index is 3.42. The maximum atomic E-state index is 9.55. The minimum absolute atomic E-state index is 0.125. The quantitative estimate of drug-likeness (QED) is 0.803. The predicted octanol–water partition coefficient (Wildman–Crippen LogP) is 1.73. The van der Waals surface area contributed by atoms with E-state index in [-0.39, 0.29) is 5.75 Å². The second kappa shape index (κ2) is 4.09. The molecular weight excluding hydrogens is 184 g/mol. The van der Waals surface area contributed by atoms with Gasteiger partial charge in [-0.3, -0.25) is 0 Å². The monoisotopic (exact) mass is 198 g/mol.